The number of benzene rings is 3. The third-order valence-electron chi connectivity index (χ3n) is 5.43. The van der Waals surface area contributed by atoms with Crippen LogP contribution in [0.1, 0.15) is 22.3 Å². The molecule has 1 N–H and O–H groups in total. The molecule has 1 aliphatic heterocycles. The predicted molar refractivity (Wildman–Crippen MR) is 139 cm³/mol. The van der Waals surface area contributed by atoms with Gasteiger partial charge in [0.1, 0.15) is 11.6 Å². The molecule has 1 heterocycles. The SMILES string of the molecule is Cc1ccc(C)c(NC(=O)COc2ccc(/C=C3\SC(=O)N(Cc4ccc(F)cc4Cl)C3=O)cc2)c1. The molecule has 0 unspecified atom stereocenters. The number of nitrogens with one attached hydrogen (secondary N) is 1. The summed E-state index contributed by atoms with van der Waals surface area (Å²) >= 11 is 6.86. The fourth-order valence-electron chi connectivity index (χ4n) is 3.47. The van der Waals surface area contributed by atoms with E-state index in [9.17, 15) is 18.8 Å². The smallest absolute Gasteiger partial charge is 0.293 e. The summed E-state index contributed by atoms with van der Waals surface area (Å²) in [5.74, 6) is -0.730. The Bertz CT molecular complexity index is 1370. The molecule has 0 radical (unpaired) electrons. The summed E-state index contributed by atoms with van der Waals surface area (Å²) in [6, 6.07) is 16.5. The van der Waals surface area contributed by atoms with Gasteiger partial charge in [0.15, 0.2) is 6.61 Å². The van der Waals surface area contributed by atoms with Crippen molar-refractivity contribution in [1.82, 2.24) is 4.90 Å². The number of nitrogens with zero attached hydrogens (tertiary/aromatic N) is 1. The van der Waals surface area contributed by atoms with Crippen LogP contribution in [0.25, 0.3) is 6.08 Å². The van der Waals surface area contributed by atoms with Gasteiger partial charge in [0.25, 0.3) is 17.1 Å². The van der Waals surface area contributed by atoms with Crippen molar-refractivity contribution < 1.29 is 23.5 Å². The zero-order chi connectivity index (χ0) is 25.8. The van der Waals surface area contributed by atoms with Crippen molar-refractivity contribution in [2.24, 2.45) is 0 Å². The molecule has 1 saturated heterocycles. The van der Waals surface area contributed by atoms with Gasteiger partial charge in [-0.2, -0.15) is 0 Å². The highest BCUT2D eigenvalue weighted by atomic mass is 35.5. The van der Waals surface area contributed by atoms with Crippen LogP contribution in [0.5, 0.6) is 5.75 Å². The van der Waals surface area contributed by atoms with Crippen molar-refractivity contribution in [3.8, 4) is 5.75 Å². The van der Waals surface area contributed by atoms with Crippen molar-refractivity contribution in [1.29, 1.82) is 0 Å². The van der Waals surface area contributed by atoms with Crippen molar-refractivity contribution in [2.75, 3.05) is 11.9 Å². The second kappa shape index (κ2) is 11.0. The standard InChI is InChI=1S/C27H22ClFN2O4S/c1-16-3-4-17(2)23(11-16)30-25(32)15-35-21-9-5-18(6-10-21)12-24-26(33)31(27(34)36-24)14-19-7-8-20(29)13-22(19)28/h3-13H,14-15H2,1-2H3,(H,30,32)/b24-12-. The molecule has 184 valence electrons. The van der Waals surface area contributed by atoms with E-state index in [1.807, 2.05) is 32.0 Å². The average Bonchev–Trinajstić information content (AvgIpc) is 3.10. The van der Waals surface area contributed by atoms with Gasteiger partial charge in [-0.15, -0.1) is 0 Å². The lowest BCUT2D eigenvalue weighted by molar-refractivity contribution is -0.123. The molecule has 3 aromatic carbocycles. The van der Waals surface area contributed by atoms with Crippen LogP contribution in [0, 0.1) is 19.7 Å². The van der Waals surface area contributed by atoms with Crippen LogP contribution in [-0.2, 0) is 16.1 Å². The molecular weight excluding hydrogens is 503 g/mol. The number of anilines is 1. The molecule has 0 saturated carbocycles. The number of halogens is 2. The van der Waals surface area contributed by atoms with Crippen molar-refractivity contribution in [2.45, 2.75) is 20.4 Å². The summed E-state index contributed by atoms with van der Waals surface area (Å²) in [7, 11) is 0. The lowest BCUT2D eigenvalue weighted by Crippen LogP contribution is -2.27. The fraction of sp³-hybridized carbons (Fsp3) is 0.148. The van der Waals surface area contributed by atoms with E-state index in [-0.39, 0.29) is 29.0 Å². The lowest BCUT2D eigenvalue weighted by atomic mass is 10.1. The summed E-state index contributed by atoms with van der Waals surface area (Å²) < 4.78 is 18.8. The largest absolute Gasteiger partial charge is 0.484 e. The Labute approximate surface area is 217 Å². The summed E-state index contributed by atoms with van der Waals surface area (Å²) in [4.78, 5) is 38.8. The fourth-order valence-corrected chi connectivity index (χ4v) is 4.54. The number of ether oxygens (including phenoxy) is 1. The molecule has 0 aliphatic carbocycles. The Morgan fingerprint density at radius 2 is 1.83 bits per heavy atom. The van der Waals surface area contributed by atoms with Crippen molar-refractivity contribution in [3.63, 3.8) is 0 Å². The average molecular weight is 525 g/mol. The first-order valence-electron chi connectivity index (χ1n) is 11.0. The minimum atomic E-state index is -0.493. The minimum absolute atomic E-state index is 0.0436. The molecule has 0 atom stereocenters. The van der Waals surface area contributed by atoms with Gasteiger partial charge in [-0.05, 0) is 84.3 Å². The van der Waals surface area contributed by atoms with Crippen LogP contribution >= 0.6 is 23.4 Å². The summed E-state index contributed by atoms with van der Waals surface area (Å²) in [5.41, 5.74) is 3.92. The number of imide groups is 1. The zero-order valence-electron chi connectivity index (χ0n) is 19.5. The zero-order valence-corrected chi connectivity index (χ0v) is 21.1. The van der Waals surface area contributed by atoms with Gasteiger partial charge in [0.2, 0.25) is 0 Å². The van der Waals surface area contributed by atoms with E-state index in [1.54, 1.807) is 30.3 Å². The summed E-state index contributed by atoms with van der Waals surface area (Å²) in [6.45, 7) is 3.67. The highest BCUT2D eigenvalue weighted by molar-refractivity contribution is 8.18. The Balaban J connectivity index is 1.35. The van der Waals surface area contributed by atoms with Gasteiger partial charge in [-0.1, -0.05) is 41.9 Å². The number of carbonyl (C=O) groups is 3. The number of rotatable bonds is 7. The first-order chi connectivity index (χ1) is 17.2. The van der Waals surface area contributed by atoms with E-state index in [4.69, 9.17) is 16.3 Å². The summed E-state index contributed by atoms with van der Waals surface area (Å²) in [5, 5.41) is 2.56. The normalized spacial score (nSPS) is 14.4. The maximum atomic E-state index is 13.3. The van der Waals surface area contributed by atoms with Crippen LogP contribution in [0.3, 0.4) is 0 Å². The van der Waals surface area contributed by atoms with Crippen LogP contribution in [0.4, 0.5) is 14.9 Å². The van der Waals surface area contributed by atoms with E-state index in [1.165, 1.54) is 12.1 Å². The van der Waals surface area contributed by atoms with Crippen LogP contribution in [0.2, 0.25) is 5.02 Å². The maximum Gasteiger partial charge on any atom is 0.293 e. The number of hydrogen-bond acceptors (Lipinski definition) is 5. The molecule has 6 nitrogen and oxygen atoms in total. The van der Waals surface area contributed by atoms with Gasteiger partial charge < -0.3 is 10.1 Å². The number of amides is 3. The Hall–Kier alpha value is -3.62. The predicted octanol–water partition coefficient (Wildman–Crippen LogP) is 6.35. The van der Waals surface area contributed by atoms with Gasteiger partial charge >= 0.3 is 0 Å². The van der Waals surface area contributed by atoms with E-state index in [2.05, 4.69) is 5.32 Å². The molecule has 1 fully saturated rings. The van der Waals surface area contributed by atoms with Crippen molar-refractivity contribution in [3.05, 3.63) is 98.7 Å². The second-order valence-electron chi connectivity index (χ2n) is 8.23. The molecular formula is C27H22ClFN2O4S. The monoisotopic (exact) mass is 524 g/mol. The summed E-state index contributed by atoms with van der Waals surface area (Å²) in [6.07, 6.45) is 1.61. The molecule has 9 heteroatoms. The van der Waals surface area contributed by atoms with Gasteiger partial charge in [-0.3, -0.25) is 19.3 Å². The molecule has 0 bridgehead atoms. The van der Waals surface area contributed by atoms with E-state index >= 15 is 0 Å². The Morgan fingerprint density at radius 1 is 1.08 bits per heavy atom. The minimum Gasteiger partial charge on any atom is -0.484 e. The Kier molecular flexibility index (Phi) is 7.76. The molecule has 1 aliphatic rings. The third kappa shape index (κ3) is 6.13. The van der Waals surface area contributed by atoms with Gasteiger partial charge in [0, 0.05) is 10.7 Å². The maximum absolute atomic E-state index is 13.3. The molecule has 3 amide bonds. The number of thioether (sulfide) groups is 1. The molecule has 3 aromatic rings. The van der Waals surface area contributed by atoms with Crippen molar-refractivity contribution >= 4 is 52.2 Å². The quantitative estimate of drug-likeness (QED) is 0.364. The topological polar surface area (TPSA) is 75.7 Å². The number of aryl methyl sites for hydroxylation is 2. The van der Waals surface area contributed by atoms with Crippen LogP contribution in [-0.4, -0.2) is 28.6 Å². The third-order valence-corrected chi connectivity index (χ3v) is 6.69. The van der Waals surface area contributed by atoms with E-state index < -0.39 is 17.0 Å². The first kappa shape index (κ1) is 25.5. The Morgan fingerprint density at radius 3 is 2.56 bits per heavy atom. The van der Waals surface area contributed by atoms with Crippen LogP contribution in [0.15, 0.2) is 65.6 Å². The molecule has 0 spiro atoms. The molecule has 0 aromatic heterocycles. The lowest BCUT2D eigenvalue weighted by Gasteiger charge is -2.13. The molecule has 4 rings (SSSR count). The van der Waals surface area contributed by atoms with Gasteiger partial charge in [0.05, 0.1) is 11.4 Å². The number of carbonyl (C=O) groups excluding carboxylic acids is 3. The first-order valence-corrected chi connectivity index (χ1v) is 12.2. The molecule has 36 heavy (non-hydrogen) atoms. The van der Waals surface area contributed by atoms with E-state index in [0.29, 0.717) is 16.9 Å². The van der Waals surface area contributed by atoms with E-state index in [0.717, 1.165) is 39.5 Å². The van der Waals surface area contributed by atoms with Crippen LogP contribution < -0.4 is 10.1 Å². The highest BCUT2D eigenvalue weighted by Crippen LogP contribution is 2.34. The number of hydrogen-bond donors (Lipinski definition) is 1. The highest BCUT2D eigenvalue weighted by Gasteiger charge is 2.35. The van der Waals surface area contributed by atoms with Gasteiger partial charge in [-0.25, -0.2) is 4.39 Å². The second-order valence-corrected chi connectivity index (χ2v) is 9.63.